The fourth-order valence-electron chi connectivity index (χ4n) is 2.84. The Balaban J connectivity index is 1.96. The lowest BCUT2D eigenvalue weighted by atomic mass is 10.2. The van der Waals surface area contributed by atoms with E-state index < -0.39 is 0 Å². The molecule has 0 saturated carbocycles. The summed E-state index contributed by atoms with van der Waals surface area (Å²) in [5.74, 6) is -0.352. The van der Waals surface area contributed by atoms with Gasteiger partial charge in [-0.2, -0.15) is 5.10 Å². The van der Waals surface area contributed by atoms with Gasteiger partial charge in [0.1, 0.15) is 0 Å². The number of nitrogens with zero attached hydrogens (tertiary/aromatic N) is 3. The third-order valence-electron chi connectivity index (χ3n) is 4.26. The summed E-state index contributed by atoms with van der Waals surface area (Å²) in [6, 6.07) is 8.51. The van der Waals surface area contributed by atoms with Crippen LogP contribution >= 0.6 is 11.6 Å². The van der Waals surface area contributed by atoms with Crippen molar-refractivity contribution in [3.8, 4) is 5.69 Å². The lowest BCUT2D eigenvalue weighted by Crippen LogP contribution is -2.47. The van der Waals surface area contributed by atoms with Crippen LogP contribution in [0.5, 0.6) is 0 Å². The fourth-order valence-corrected chi connectivity index (χ4v) is 2.97. The van der Waals surface area contributed by atoms with E-state index >= 15 is 0 Å². The van der Waals surface area contributed by atoms with Gasteiger partial charge in [0.05, 0.1) is 18.4 Å². The maximum absolute atomic E-state index is 12.8. The zero-order chi connectivity index (χ0) is 18.0. The highest BCUT2D eigenvalue weighted by atomic mass is 35.5. The molecule has 0 bridgehead atoms. The number of morpholine rings is 1. The van der Waals surface area contributed by atoms with Crippen molar-refractivity contribution in [1.82, 2.24) is 14.7 Å². The number of carbonyl (C=O) groups excluding carboxylic acids is 1. The molecule has 1 atom stereocenters. The molecule has 0 N–H and O–H groups in total. The number of aryl methyl sites for hydroxylation is 1. The summed E-state index contributed by atoms with van der Waals surface area (Å²) in [6.45, 7) is 5.20. The first-order valence-electron chi connectivity index (χ1n) is 8.27. The smallest absolute Gasteiger partial charge is 0.278 e. The summed E-state index contributed by atoms with van der Waals surface area (Å²) in [5, 5.41) is 4.94. The summed E-state index contributed by atoms with van der Waals surface area (Å²) in [6.07, 6.45) is 0.821. The van der Waals surface area contributed by atoms with Gasteiger partial charge in [-0.1, -0.05) is 18.5 Å². The van der Waals surface area contributed by atoms with Crippen LogP contribution in [0.1, 0.15) is 29.5 Å². The molecule has 2 aromatic rings. The normalized spacial score (nSPS) is 17.6. The molecule has 2 heterocycles. The van der Waals surface area contributed by atoms with Crippen molar-refractivity contribution >= 4 is 17.5 Å². The molecule has 1 aliphatic rings. The van der Waals surface area contributed by atoms with Gasteiger partial charge in [0.25, 0.3) is 5.91 Å². The van der Waals surface area contributed by atoms with Crippen LogP contribution in [0.4, 0.5) is 0 Å². The highest BCUT2D eigenvalue weighted by molar-refractivity contribution is 6.30. The molecule has 7 heteroatoms. The van der Waals surface area contributed by atoms with Crippen LogP contribution in [0.2, 0.25) is 5.02 Å². The van der Waals surface area contributed by atoms with Crippen molar-refractivity contribution in [2.75, 3.05) is 19.7 Å². The highest BCUT2D eigenvalue weighted by Gasteiger charge is 2.27. The van der Waals surface area contributed by atoms with E-state index in [1.807, 2.05) is 6.92 Å². The maximum Gasteiger partial charge on any atom is 0.278 e. The molecule has 132 valence electrons. The SMILES string of the molecule is CCC1CN(C(=O)c2nn(-c3ccc(Cl)cc3)c(C)cc2=O)CCO1. The largest absolute Gasteiger partial charge is 0.375 e. The third kappa shape index (κ3) is 3.75. The Bertz CT molecular complexity index is 832. The van der Waals surface area contributed by atoms with Crippen molar-refractivity contribution in [1.29, 1.82) is 0 Å². The van der Waals surface area contributed by atoms with Gasteiger partial charge in [-0.3, -0.25) is 9.59 Å². The number of carbonyl (C=O) groups is 1. The van der Waals surface area contributed by atoms with E-state index in [0.717, 1.165) is 12.1 Å². The molecule has 1 aromatic heterocycles. The van der Waals surface area contributed by atoms with Crippen LogP contribution < -0.4 is 5.43 Å². The monoisotopic (exact) mass is 361 g/mol. The number of rotatable bonds is 3. The second-order valence-electron chi connectivity index (χ2n) is 6.04. The van der Waals surface area contributed by atoms with Crippen molar-refractivity contribution in [2.24, 2.45) is 0 Å². The van der Waals surface area contributed by atoms with Crippen molar-refractivity contribution < 1.29 is 9.53 Å². The molecule has 1 amide bonds. The molecule has 0 aliphatic carbocycles. The third-order valence-corrected chi connectivity index (χ3v) is 4.51. The quantitative estimate of drug-likeness (QED) is 0.842. The molecule has 3 rings (SSSR count). The summed E-state index contributed by atoms with van der Waals surface area (Å²) < 4.78 is 7.17. The van der Waals surface area contributed by atoms with Gasteiger partial charge in [0.2, 0.25) is 5.43 Å². The number of benzene rings is 1. The average molecular weight is 362 g/mol. The minimum absolute atomic E-state index is 0.00152. The first-order chi connectivity index (χ1) is 12.0. The second-order valence-corrected chi connectivity index (χ2v) is 6.48. The predicted octanol–water partition coefficient (Wildman–Crippen LogP) is 2.45. The van der Waals surface area contributed by atoms with E-state index in [0.29, 0.717) is 30.4 Å². The van der Waals surface area contributed by atoms with Crippen LogP contribution in [0, 0.1) is 6.92 Å². The second kappa shape index (κ2) is 7.37. The fraction of sp³-hybridized carbons (Fsp3) is 0.389. The van der Waals surface area contributed by atoms with Gasteiger partial charge in [0.15, 0.2) is 5.69 Å². The first-order valence-corrected chi connectivity index (χ1v) is 8.65. The topological polar surface area (TPSA) is 64.4 Å². The van der Waals surface area contributed by atoms with Crippen LogP contribution in [-0.2, 0) is 4.74 Å². The van der Waals surface area contributed by atoms with E-state index in [9.17, 15) is 9.59 Å². The number of ether oxygens (including phenoxy) is 1. The molecule has 25 heavy (non-hydrogen) atoms. The molecule has 1 fully saturated rings. The summed E-state index contributed by atoms with van der Waals surface area (Å²) in [5.41, 5.74) is 0.950. The predicted molar refractivity (Wildman–Crippen MR) is 95.5 cm³/mol. The van der Waals surface area contributed by atoms with Crippen molar-refractivity contribution in [3.63, 3.8) is 0 Å². The Hall–Kier alpha value is -2.18. The Morgan fingerprint density at radius 1 is 1.36 bits per heavy atom. The minimum Gasteiger partial charge on any atom is -0.375 e. The van der Waals surface area contributed by atoms with E-state index in [1.54, 1.807) is 40.8 Å². The molecule has 1 saturated heterocycles. The van der Waals surface area contributed by atoms with E-state index in [4.69, 9.17) is 16.3 Å². The molecule has 0 radical (unpaired) electrons. The Labute approximate surface area is 151 Å². The summed E-state index contributed by atoms with van der Waals surface area (Å²) >= 11 is 5.92. The Morgan fingerprint density at radius 3 is 2.76 bits per heavy atom. The zero-order valence-corrected chi connectivity index (χ0v) is 15.0. The standard InChI is InChI=1S/C18H20ClN3O3/c1-3-15-11-21(8-9-25-15)18(24)17-16(23)10-12(2)22(20-17)14-6-4-13(19)5-7-14/h4-7,10,15H,3,8-9,11H2,1-2H3. The molecule has 0 spiro atoms. The Morgan fingerprint density at radius 2 is 2.08 bits per heavy atom. The maximum atomic E-state index is 12.8. The summed E-state index contributed by atoms with van der Waals surface area (Å²) in [4.78, 5) is 26.8. The van der Waals surface area contributed by atoms with Gasteiger partial charge in [-0.05, 0) is 37.6 Å². The van der Waals surface area contributed by atoms with E-state index in [1.165, 1.54) is 6.07 Å². The van der Waals surface area contributed by atoms with Gasteiger partial charge >= 0.3 is 0 Å². The average Bonchev–Trinajstić information content (AvgIpc) is 2.62. The summed E-state index contributed by atoms with van der Waals surface area (Å²) in [7, 11) is 0. The van der Waals surface area contributed by atoms with Gasteiger partial charge in [-0.25, -0.2) is 4.68 Å². The van der Waals surface area contributed by atoms with Crippen LogP contribution in [-0.4, -0.2) is 46.4 Å². The van der Waals surface area contributed by atoms with Crippen LogP contribution in [0.3, 0.4) is 0 Å². The Kier molecular flexibility index (Phi) is 5.20. The van der Waals surface area contributed by atoms with Gasteiger partial charge in [0, 0.05) is 29.9 Å². The first kappa shape index (κ1) is 17.6. The molecular formula is C18H20ClN3O3. The van der Waals surface area contributed by atoms with E-state index in [-0.39, 0.29) is 23.1 Å². The van der Waals surface area contributed by atoms with Crippen molar-refractivity contribution in [3.05, 3.63) is 57.0 Å². The number of hydrogen-bond acceptors (Lipinski definition) is 4. The van der Waals surface area contributed by atoms with Gasteiger partial charge in [-0.15, -0.1) is 0 Å². The molecule has 1 aromatic carbocycles. The number of aromatic nitrogens is 2. The number of amides is 1. The van der Waals surface area contributed by atoms with Crippen LogP contribution in [0.25, 0.3) is 5.69 Å². The lowest BCUT2D eigenvalue weighted by molar-refractivity contribution is -0.0229. The lowest BCUT2D eigenvalue weighted by Gasteiger charge is -2.32. The zero-order valence-electron chi connectivity index (χ0n) is 14.2. The van der Waals surface area contributed by atoms with Crippen LogP contribution in [0.15, 0.2) is 35.1 Å². The molecular weight excluding hydrogens is 342 g/mol. The number of halogens is 1. The minimum atomic E-state index is -0.368. The van der Waals surface area contributed by atoms with E-state index in [2.05, 4.69) is 5.10 Å². The number of hydrogen-bond donors (Lipinski definition) is 0. The molecule has 1 aliphatic heterocycles. The molecule has 6 nitrogen and oxygen atoms in total. The molecule has 1 unspecified atom stereocenters. The van der Waals surface area contributed by atoms with Gasteiger partial charge < -0.3 is 9.64 Å². The highest BCUT2D eigenvalue weighted by Crippen LogP contribution is 2.15. The van der Waals surface area contributed by atoms with Crippen molar-refractivity contribution in [2.45, 2.75) is 26.4 Å².